The lowest BCUT2D eigenvalue weighted by Crippen LogP contribution is -2.21. The van der Waals surface area contributed by atoms with E-state index in [1.165, 1.54) is 0 Å². The Kier molecular flexibility index (Phi) is 3.39. The lowest BCUT2D eigenvalue weighted by molar-refractivity contribution is -0.130. The van der Waals surface area contributed by atoms with E-state index >= 15 is 0 Å². The van der Waals surface area contributed by atoms with Crippen molar-refractivity contribution in [2.24, 2.45) is 0 Å². The highest BCUT2D eigenvalue weighted by Crippen LogP contribution is 1.89. The first kappa shape index (κ1) is 7.59. The normalized spacial score (nSPS) is 13.4. The van der Waals surface area contributed by atoms with Gasteiger partial charge in [0, 0.05) is 0 Å². The van der Waals surface area contributed by atoms with E-state index in [9.17, 15) is 4.79 Å². The lowest BCUT2D eigenvalue weighted by atomic mass is 10.2. The summed E-state index contributed by atoms with van der Waals surface area (Å²) in [7, 11) is 0. The summed E-state index contributed by atoms with van der Waals surface area (Å²) in [6.07, 6.45) is -0.598. The minimum atomic E-state index is -0.972. The van der Waals surface area contributed by atoms with Crippen LogP contribution in [0.15, 0.2) is 0 Å². The first-order valence-corrected chi connectivity index (χ1v) is 2.54. The van der Waals surface area contributed by atoms with Crippen LogP contribution < -0.4 is 0 Å². The van der Waals surface area contributed by atoms with Gasteiger partial charge in [0.15, 0.2) is 5.78 Å². The van der Waals surface area contributed by atoms with Gasteiger partial charge in [0.1, 0.15) is 12.7 Å². The van der Waals surface area contributed by atoms with Crippen molar-refractivity contribution in [1.29, 1.82) is 0 Å². The molecule has 0 aliphatic carbocycles. The van der Waals surface area contributed by atoms with Gasteiger partial charge >= 0.3 is 0 Å². The van der Waals surface area contributed by atoms with Gasteiger partial charge < -0.3 is 10.2 Å². The van der Waals surface area contributed by atoms with Crippen LogP contribution in [0.5, 0.6) is 0 Å². The van der Waals surface area contributed by atoms with E-state index in [0.29, 0.717) is 6.42 Å². The summed E-state index contributed by atoms with van der Waals surface area (Å²) in [6, 6.07) is 0. The minimum absolute atomic E-state index is 0.374. The fourth-order valence-corrected chi connectivity index (χ4v) is 0.333. The van der Waals surface area contributed by atoms with Crippen LogP contribution in [-0.2, 0) is 4.79 Å². The molecule has 0 saturated heterocycles. The van der Waals surface area contributed by atoms with Crippen LogP contribution in [0.1, 0.15) is 13.3 Å². The second-order valence-electron chi connectivity index (χ2n) is 1.55. The highest BCUT2D eigenvalue weighted by molar-refractivity contribution is 5.83. The second kappa shape index (κ2) is 3.57. The van der Waals surface area contributed by atoms with E-state index in [4.69, 9.17) is 10.2 Å². The standard InChI is InChI=1S/C5H10O3/c1-2-4(7)5(8)3-6/h4,6-7H,2-3H2,1H3/t4-/m0/s1. The highest BCUT2D eigenvalue weighted by atomic mass is 16.3. The number of hydrogen-bond donors (Lipinski definition) is 2. The SMILES string of the molecule is CC[C@H](O)C(=O)CO. The van der Waals surface area contributed by atoms with Gasteiger partial charge in [0.2, 0.25) is 0 Å². The van der Waals surface area contributed by atoms with Crippen LogP contribution >= 0.6 is 0 Å². The van der Waals surface area contributed by atoms with E-state index in [1.54, 1.807) is 6.92 Å². The molecule has 0 heterocycles. The predicted octanol–water partition coefficient (Wildman–Crippen LogP) is -0.681. The molecule has 2 N–H and O–H groups in total. The van der Waals surface area contributed by atoms with E-state index in [1.807, 2.05) is 0 Å². The van der Waals surface area contributed by atoms with E-state index in [2.05, 4.69) is 0 Å². The summed E-state index contributed by atoms with van der Waals surface area (Å²) in [4.78, 5) is 10.2. The smallest absolute Gasteiger partial charge is 0.186 e. The largest absolute Gasteiger partial charge is 0.388 e. The predicted molar refractivity (Wildman–Crippen MR) is 28.4 cm³/mol. The van der Waals surface area contributed by atoms with Gasteiger partial charge in [0.25, 0.3) is 0 Å². The first-order chi connectivity index (χ1) is 3.72. The van der Waals surface area contributed by atoms with Gasteiger partial charge in [-0.15, -0.1) is 0 Å². The van der Waals surface area contributed by atoms with Crippen LogP contribution in [-0.4, -0.2) is 28.7 Å². The van der Waals surface area contributed by atoms with Crippen LogP contribution in [0, 0.1) is 0 Å². The molecule has 3 nitrogen and oxygen atoms in total. The molecule has 0 saturated carbocycles. The third kappa shape index (κ3) is 2.04. The topological polar surface area (TPSA) is 57.5 Å². The average molecular weight is 118 g/mol. The zero-order valence-corrected chi connectivity index (χ0v) is 4.79. The number of aliphatic hydroxyl groups excluding tert-OH is 2. The molecule has 0 amide bonds. The number of carbonyl (C=O) groups excluding carboxylic acids is 1. The van der Waals surface area contributed by atoms with Crippen molar-refractivity contribution in [3.05, 3.63) is 0 Å². The molecule has 3 heteroatoms. The zero-order valence-electron chi connectivity index (χ0n) is 4.79. The Morgan fingerprint density at radius 1 is 1.75 bits per heavy atom. The average Bonchev–Trinajstić information content (AvgIpc) is 1.84. The minimum Gasteiger partial charge on any atom is -0.388 e. The van der Waals surface area contributed by atoms with E-state index in [-0.39, 0.29) is 0 Å². The van der Waals surface area contributed by atoms with Gasteiger partial charge in [-0.2, -0.15) is 0 Å². The van der Waals surface area contributed by atoms with Crippen molar-refractivity contribution >= 4 is 5.78 Å². The quantitative estimate of drug-likeness (QED) is 0.516. The molecule has 0 fully saturated rings. The van der Waals surface area contributed by atoms with Crippen molar-refractivity contribution in [2.75, 3.05) is 6.61 Å². The summed E-state index contributed by atoms with van der Waals surface area (Å²) in [5, 5.41) is 16.7. The number of aliphatic hydroxyl groups is 2. The molecule has 0 bridgehead atoms. The molecule has 0 radical (unpaired) electrons. The van der Waals surface area contributed by atoms with Crippen LogP contribution in [0.25, 0.3) is 0 Å². The molecule has 0 aromatic carbocycles. The molecule has 0 aliphatic heterocycles. The fourth-order valence-electron chi connectivity index (χ4n) is 0.333. The Morgan fingerprint density at radius 3 is 2.38 bits per heavy atom. The van der Waals surface area contributed by atoms with Gasteiger partial charge in [-0.3, -0.25) is 4.79 Å². The Bertz CT molecular complexity index is 79.7. The third-order valence-corrected chi connectivity index (χ3v) is 0.914. The fraction of sp³-hybridized carbons (Fsp3) is 0.800. The summed E-state index contributed by atoms with van der Waals surface area (Å²) < 4.78 is 0. The Morgan fingerprint density at radius 2 is 2.25 bits per heavy atom. The van der Waals surface area contributed by atoms with E-state index < -0.39 is 18.5 Å². The molecular formula is C5H10O3. The van der Waals surface area contributed by atoms with Crippen molar-refractivity contribution in [3.63, 3.8) is 0 Å². The Labute approximate surface area is 47.9 Å². The number of hydrogen-bond acceptors (Lipinski definition) is 3. The molecule has 0 unspecified atom stereocenters. The zero-order chi connectivity index (χ0) is 6.57. The van der Waals surface area contributed by atoms with Gasteiger partial charge in [-0.05, 0) is 6.42 Å². The molecule has 0 aliphatic rings. The van der Waals surface area contributed by atoms with Crippen LogP contribution in [0.3, 0.4) is 0 Å². The van der Waals surface area contributed by atoms with Crippen molar-refractivity contribution in [3.8, 4) is 0 Å². The third-order valence-electron chi connectivity index (χ3n) is 0.914. The Balaban J connectivity index is 3.46. The monoisotopic (exact) mass is 118 g/mol. The maximum Gasteiger partial charge on any atom is 0.186 e. The number of carbonyl (C=O) groups is 1. The molecule has 0 rings (SSSR count). The summed E-state index contributed by atoms with van der Waals surface area (Å²) in [5.41, 5.74) is 0. The molecule has 0 aromatic heterocycles. The highest BCUT2D eigenvalue weighted by Gasteiger charge is 2.09. The number of rotatable bonds is 3. The Hall–Kier alpha value is -0.410. The lowest BCUT2D eigenvalue weighted by Gasteiger charge is -2.00. The molecular weight excluding hydrogens is 108 g/mol. The molecule has 8 heavy (non-hydrogen) atoms. The van der Waals surface area contributed by atoms with Crippen molar-refractivity contribution < 1.29 is 15.0 Å². The molecule has 48 valence electrons. The molecule has 1 atom stereocenters. The second-order valence-corrected chi connectivity index (χ2v) is 1.55. The summed E-state index contributed by atoms with van der Waals surface area (Å²) in [5.74, 6) is -0.507. The van der Waals surface area contributed by atoms with Gasteiger partial charge in [-0.1, -0.05) is 6.92 Å². The molecule has 0 spiro atoms. The van der Waals surface area contributed by atoms with Crippen molar-refractivity contribution in [2.45, 2.75) is 19.4 Å². The molecule has 0 aromatic rings. The number of Topliss-reactive ketones (excluding diaryl/α,β-unsaturated/α-hetero) is 1. The van der Waals surface area contributed by atoms with Crippen LogP contribution in [0.2, 0.25) is 0 Å². The van der Waals surface area contributed by atoms with Gasteiger partial charge in [-0.25, -0.2) is 0 Å². The number of ketones is 1. The summed E-state index contributed by atoms with van der Waals surface area (Å²) in [6.45, 7) is 1.12. The first-order valence-electron chi connectivity index (χ1n) is 2.54. The van der Waals surface area contributed by atoms with Gasteiger partial charge in [0.05, 0.1) is 0 Å². The maximum atomic E-state index is 10.2. The van der Waals surface area contributed by atoms with Crippen LogP contribution in [0.4, 0.5) is 0 Å². The maximum absolute atomic E-state index is 10.2. The summed E-state index contributed by atoms with van der Waals surface area (Å²) >= 11 is 0. The van der Waals surface area contributed by atoms with Crippen molar-refractivity contribution in [1.82, 2.24) is 0 Å². The van der Waals surface area contributed by atoms with E-state index in [0.717, 1.165) is 0 Å².